The van der Waals surface area contributed by atoms with E-state index in [1.807, 2.05) is 62.7 Å². The predicted octanol–water partition coefficient (Wildman–Crippen LogP) is 3.64. The number of aryl methyl sites for hydroxylation is 1. The summed E-state index contributed by atoms with van der Waals surface area (Å²) >= 11 is 0. The minimum atomic E-state index is -1.23. The Morgan fingerprint density at radius 1 is 1.28 bits per heavy atom. The SMILES string of the molecule is C=[N+](C)c1cc(S(=O)NC2CCN(Cc3ccc(OC(C)C)cc3)C2)ccc1C. The number of nitrogens with zero attached hydrogens (tertiary/aromatic N) is 2. The third-order valence-corrected chi connectivity index (χ3v) is 6.28. The molecule has 156 valence electrons. The second-order valence-electron chi connectivity index (χ2n) is 8.06. The van der Waals surface area contributed by atoms with Crippen molar-refractivity contribution in [2.45, 2.75) is 50.8 Å². The molecule has 2 atom stereocenters. The number of ether oxygens (including phenoxy) is 1. The van der Waals surface area contributed by atoms with Crippen molar-refractivity contribution in [2.24, 2.45) is 0 Å². The topological polar surface area (TPSA) is 44.6 Å². The Kier molecular flexibility index (Phi) is 7.22. The Morgan fingerprint density at radius 3 is 2.66 bits per heavy atom. The zero-order valence-corrected chi connectivity index (χ0v) is 18.7. The van der Waals surface area contributed by atoms with Gasteiger partial charge in [0, 0.05) is 37.3 Å². The third kappa shape index (κ3) is 5.98. The average molecular weight is 415 g/mol. The number of rotatable bonds is 8. The molecule has 3 rings (SSSR count). The van der Waals surface area contributed by atoms with Crippen molar-refractivity contribution in [3.8, 4) is 5.75 Å². The zero-order valence-electron chi connectivity index (χ0n) is 17.9. The molecule has 6 heteroatoms. The molecule has 1 fully saturated rings. The summed E-state index contributed by atoms with van der Waals surface area (Å²) in [5, 5.41) is 0. The molecule has 2 aromatic carbocycles. The second kappa shape index (κ2) is 9.65. The number of hydrogen-bond donors (Lipinski definition) is 1. The van der Waals surface area contributed by atoms with Crippen LogP contribution in [0.15, 0.2) is 47.4 Å². The fraction of sp³-hybridized carbons (Fsp3) is 0.435. The minimum absolute atomic E-state index is 0.186. The molecule has 1 aliphatic rings. The summed E-state index contributed by atoms with van der Waals surface area (Å²) in [6.07, 6.45) is 1.18. The molecule has 0 aliphatic carbocycles. The Hall–Kier alpha value is -2.02. The fourth-order valence-electron chi connectivity index (χ4n) is 3.61. The lowest BCUT2D eigenvalue weighted by Crippen LogP contribution is -2.33. The summed E-state index contributed by atoms with van der Waals surface area (Å²) in [5.74, 6) is 0.908. The number of nitrogens with one attached hydrogen (secondary N) is 1. The summed E-state index contributed by atoms with van der Waals surface area (Å²) < 4.78 is 23.6. The first-order chi connectivity index (χ1) is 13.8. The molecular formula is C23H32N3O2S+. The van der Waals surface area contributed by atoms with Gasteiger partial charge in [0.15, 0.2) is 0 Å². The van der Waals surface area contributed by atoms with Crippen LogP contribution < -0.4 is 9.46 Å². The summed E-state index contributed by atoms with van der Waals surface area (Å²) in [6.45, 7) is 12.8. The lowest BCUT2D eigenvalue weighted by Gasteiger charge is -2.17. The van der Waals surface area contributed by atoms with E-state index in [9.17, 15) is 4.21 Å². The molecule has 5 nitrogen and oxygen atoms in total. The summed E-state index contributed by atoms with van der Waals surface area (Å²) in [7, 11) is 0.675. The van der Waals surface area contributed by atoms with Crippen LogP contribution in [0.25, 0.3) is 0 Å². The van der Waals surface area contributed by atoms with Gasteiger partial charge in [0.2, 0.25) is 5.69 Å². The van der Waals surface area contributed by atoms with Gasteiger partial charge in [0.1, 0.15) is 30.5 Å². The van der Waals surface area contributed by atoms with Crippen LogP contribution in [0.5, 0.6) is 5.75 Å². The van der Waals surface area contributed by atoms with Gasteiger partial charge in [0.25, 0.3) is 0 Å². The Balaban J connectivity index is 1.54. The van der Waals surface area contributed by atoms with Gasteiger partial charge in [-0.3, -0.25) is 4.90 Å². The smallest absolute Gasteiger partial charge is 0.208 e. The van der Waals surface area contributed by atoms with Gasteiger partial charge in [-0.1, -0.05) is 18.2 Å². The number of likely N-dealkylation sites (tertiary alicyclic amines) is 1. The lowest BCUT2D eigenvalue weighted by atomic mass is 10.2. The Bertz CT molecular complexity index is 880. The van der Waals surface area contributed by atoms with Gasteiger partial charge in [-0.05, 0) is 51.0 Å². The van der Waals surface area contributed by atoms with Crippen LogP contribution in [0.1, 0.15) is 31.4 Å². The van der Waals surface area contributed by atoms with Gasteiger partial charge in [-0.15, -0.1) is 0 Å². The predicted molar refractivity (Wildman–Crippen MR) is 120 cm³/mol. The maximum atomic E-state index is 12.8. The van der Waals surface area contributed by atoms with Crippen molar-refractivity contribution in [2.75, 3.05) is 20.1 Å². The largest absolute Gasteiger partial charge is 0.491 e. The van der Waals surface area contributed by atoms with E-state index in [-0.39, 0.29) is 12.1 Å². The van der Waals surface area contributed by atoms with Crippen molar-refractivity contribution in [3.63, 3.8) is 0 Å². The maximum Gasteiger partial charge on any atom is 0.208 e. The van der Waals surface area contributed by atoms with E-state index in [1.165, 1.54) is 5.56 Å². The molecule has 2 aromatic rings. The summed E-state index contributed by atoms with van der Waals surface area (Å²) in [5.41, 5.74) is 3.39. The molecule has 0 amide bonds. The van der Waals surface area contributed by atoms with Crippen LogP contribution >= 0.6 is 0 Å². The average Bonchev–Trinajstić information content (AvgIpc) is 3.09. The van der Waals surface area contributed by atoms with Crippen molar-refractivity contribution in [1.82, 2.24) is 9.62 Å². The van der Waals surface area contributed by atoms with Crippen molar-refractivity contribution < 1.29 is 13.5 Å². The highest BCUT2D eigenvalue weighted by atomic mass is 32.2. The Labute approximate surface area is 177 Å². The molecule has 1 N–H and O–H groups in total. The van der Waals surface area contributed by atoms with Gasteiger partial charge in [-0.25, -0.2) is 13.5 Å². The Morgan fingerprint density at radius 2 is 2.00 bits per heavy atom. The third-order valence-electron chi connectivity index (χ3n) is 5.05. The highest BCUT2D eigenvalue weighted by Crippen LogP contribution is 2.22. The first-order valence-electron chi connectivity index (χ1n) is 10.1. The monoisotopic (exact) mass is 414 g/mol. The van der Waals surface area contributed by atoms with Crippen LogP contribution in [0, 0.1) is 6.92 Å². The van der Waals surface area contributed by atoms with Crippen LogP contribution in [0.2, 0.25) is 0 Å². The molecule has 1 aliphatic heterocycles. The molecule has 29 heavy (non-hydrogen) atoms. The van der Waals surface area contributed by atoms with E-state index in [2.05, 4.69) is 28.5 Å². The summed E-state index contributed by atoms with van der Waals surface area (Å²) in [4.78, 5) is 3.19. The van der Waals surface area contributed by atoms with E-state index in [4.69, 9.17) is 4.74 Å². The highest BCUT2D eigenvalue weighted by Gasteiger charge is 2.24. The van der Waals surface area contributed by atoms with Crippen molar-refractivity contribution in [1.29, 1.82) is 0 Å². The van der Waals surface area contributed by atoms with Crippen LogP contribution in [0.3, 0.4) is 0 Å². The van der Waals surface area contributed by atoms with E-state index in [0.29, 0.717) is 0 Å². The van der Waals surface area contributed by atoms with Crippen molar-refractivity contribution >= 4 is 23.4 Å². The molecule has 0 bridgehead atoms. The van der Waals surface area contributed by atoms with Crippen LogP contribution in [-0.4, -0.2) is 52.7 Å². The maximum absolute atomic E-state index is 12.8. The number of hydrogen-bond acceptors (Lipinski definition) is 3. The van der Waals surface area contributed by atoms with Gasteiger partial charge >= 0.3 is 0 Å². The van der Waals surface area contributed by atoms with Crippen LogP contribution in [-0.2, 0) is 17.5 Å². The minimum Gasteiger partial charge on any atom is -0.491 e. The van der Waals surface area contributed by atoms with Gasteiger partial charge < -0.3 is 4.74 Å². The molecule has 1 saturated heterocycles. The number of benzene rings is 2. The van der Waals surface area contributed by atoms with Gasteiger partial charge in [0.05, 0.1) is 11.0 Å². The second-order valence-corrected chi connectivity index (χ2v) is 9.31. The van der Waals surface area contributed by atoms with E-state index in [0.717, 1.165) is 48.0 Å². The molecule has 0 radical (unpaired) electrons. The molecule has 0 spiro atoms. The molecule has 1 heterocycles. The van der Waals surface area contributed by atoms with Crippen molar-refractivity contribution in [3.05, 3.63) is 53.6 Å². The van der Waals surface area contributed by atoms with E-state index in [1.54, 1.807) is 0 Å². The normalized spacial score (nSPS) is 18.2. The van der Waals surface area contributed by atoms with Crippen LogP contribution in [0.4, 0.5) is 5.69 Å². The fourth-order valence-corrected chi connectivity index (χ4v) is 4.65. The lowest BCUT2D eigenvalue weighted by molar-refractivity contribution is -0.395. The molecule has 0 aromatic heterocycles. The van der Waals surface area contributed by atoms with Gasteiger partial charge in [-0.2, -0.15) is 0 Å². The zero-order chi connectivity index (χ0) is 21.0. The highest BCUT2D eigenvalue weighted by molar-refractivity contribution is 7.83. The summed E-state index contributed by atoms with van der Waals surface area (Å²) in [6, 6.07) is 14.4. The quantitative estimate of drug-likeness (QED) is 0.530. The molecular weight excluding hydrogens is 382 g/mol. The van der Waals surface area contributed by atoms with E-state index >= 15 is 0 Å². The molecule has 0 saturated carbocycles. The first kappa shape index (κ1) is 21.7. The molecule has 2 unspecified atom stereocenters. The standard InChI is InChI=1S/C23H32N3O2S/c1-17(2)28-21-9-7-19(8-10-21)15-26-13-12-20(16-26)24-29(27)22-11-6-18(3)23(14-22)25(4)5/h6-11,14,17,20,24H,4,12-13,15-16H2,1-3,5H3/q+1. The first-order valence-corrected chi connectivity index (χ1v) is 11.3. The van der Waals surface area contributed by atoms with E-state index < -0.39 is 11.0 Å².